The number of hydrogen-bond acceptors (Lipinski definition) is 2. The van der Waals surface area contributed by atoms with Gasteiger partial charge in [-0.25, -0.2) is 4.98 Å². The van der Waals surface area contributed by atoms with Crippen LogP contribution in [0.25, 0.3) is 10.9 Å². The van der Waals surface area contributed by atoms with Gasteiger partial charge in [-0.2, -0.15) is 0 Å². The Hall–Kier alpha value is -1.61. The van der Waals surface area contributed by atoms with Gasteiger partial charge in [-0.15, -0.1) is 0 Å². The van der Waals surface area contributed by atoms with Gasteiger partial charge in [0, 0.05) is 23.5 Å². The number of nitrogens with zero attached hydrogens (tertiary/aromatic N) is 2. The van der Waals surface area contributed by atoms with Crippen molar-refractivity contribution in [1.29, 1.82) is 0 Å². The predicted molar refractivity (Wildman–Crippen MR) is 71.9 cm³/mol. The fraction of sp³-hybridized carbons (Fsp3) is 0.286. The van der Waals surface area contributed by atoms with Gasteiger partial charge in [0.1, 0.15) is 5.69 Å². The molecule has 3 rings (SSSR count). The van der Waals surface area contributed by atoms with Gasteiger partial charge in [0.25, 0.3) is 5.91 Å². The molecule has 1 aliphatic heterocycles. The summed E-state index contributed by atoms with van der Waals surface area (Å²) in [6.45, 7) is 1.68. The SMILES string of the molecule is O=C(c1ccc2ccc(Cl)cc2n1)N1CCCC1. The van der Waals surface area contributed by atoms with E-state index in [1.165, 1.54) is 0 Å². The number of halogens is 1. The lowest BCUT2D eigenvalue weighted by atomic mass is 10.2. The first-order valence-corrected chi connectivity index (χ1v) is 6.47. The summed E-state index contributed by atoms with van der Waals surface area (Å²) in [7, 11) is 0. The van der Waals surface area contributed by atoms with Gasteiger partial charge in [-0.1, -0.05) is 23.7 Å². The van der Waals surface area contributed by atoms with E-state index in [1.54, 1.807) is 12.1 Å². The van der Waals surface area contributed by atoms with E-state index >= 15 is 0 Å². The van der Waals surface area contributed by atoms with Crippen molar-refractivity contribution in [3.8, 4) is 0 Å². The van der Waals surface area contributed by atoms with Crippen LogP contribution >= 0.6 is 11.6 Å². The van der Waals surface area contributed by atoms with Crippen LogP contribution in [-0.2, 0) is 0 Å². The first-order valence-electron chi connectivity index (χ1n) is 6.10. The maximum absolute atomic E-state index is 12.2. The highest BCUT2D eigenvalue weighted by atomic mass is 35.5. The van der Waals surface area contributed by atoms with Crippen molar-refractivity contribution in [1.82, 2.24) is 9.88 Å². The van der Waals surface area contributed by atoms with Gasteiger partial charge in [0.15, 0.2) is 0 Å². The Balaban J connectivity index is 1.99. The van der Waals surface area contributed by atoms with Crippen LogP contribution in [0.15, 0.2) is 30.3 Å². The molecule has 0 bridgehead atoms. The highest BCUT2D eigenvalue weighted by Crippen LogP contribution is 2.19. The second kappa shape index (κ2) is 4.58. The summed E-state index contributed by atoms with van der Waals surface area (Å²) in [5.74, 6) is 0.0226. The third-order valence-corrected chi connectivity index (χ3v) is 3.50. The Morgan fingerprint density at radius 1 is 1.17 bits per heavy atom. The van der Waals surface area contributed by atoms with Crippen molar-refractivity contribution in [3.05, 3.63) is 41.0 Å². The van der Waals surface area contributed by atoms with Crippen molar-refractivity contribution >= 4 is 28.4 Å². The molecule has 1 fully saturated rings. The van der Waals surface area contributed by atoms with Crippen LogP contribution in [-0.4, -0.2) is 28.9 Å². The van der Waals surface area contributed by atoms with E-state index in [4.69, 9.17) is 11.6 Å². The first kappa shape index (κ1) is 11.5. The molecule has 0 atom stereocenters. The van der Waals surface area contributed by atoms with Gasteiger partial charge >= 0.3 is 0 Å². The molecule has 3 nitrogen and oxygen atoms in total. The summed E-state index contributed by atoms with van der Waals surface area (Å²) in [4.78, 5) is 18.5. The highest BCUT2D eigenvalue weighted by molar-refractivity contribution is 6.31. The van der Waals surface area contributed by atoms with Crippen LogP contribution in [0.5, 0.6) is 0 Å². The number of carbonyl (C=O) groups is 1. The predicted octanol–water partition coefficient (Wildman–Crippen LogP) is 3.12. The molecule has 0 N–H and O–H groups in total. The molecule has 0 saturated carbocycles. The number of benzene rings is 1. The third kappa shape index (κ3) is 2.06. The van der Waals surface area contributed by atoms with Gasteiger partial charge in [0.2, 0.25) is 0 Å². The zero-order valence-corrected chi connectivity index (χ0v) is 10.7. The van der Waals surface area contributed by atoms with E-state index < -0.39 is 0 Å². The minimum Gasteiger partial charge on any atom is -0.337 e. The molecule has 18 heavy (non-hydrogen) atoms. The zero-order valence-electron chi connectivity index (χ0n) is 9.90. The molecule has 1 aromatic carbocycles. The number of fused-ring (bicyclic) bond motifs is 1. The molecule has 1 amide bonds. The van der Waals surface area contributed by atoms with Crippen LogP contribution < -0.4 is 0 Å². The normalized spacial score (nSPS) is 15.3. The van der Waals surface area contributed by atoms with E-state index in [1.807, 2.05) is 23.1 Å². The Morgan fingerprint density at radius 3 is 2.67 bits per heavy atom. The standard InChI is InChI=1S/C14H13ClN2O/c15-11-5-3-10-4-6-12(16-13(10)9-11)14(18)17-7-1-2-8-17/h3-6,9H,1-2,7-8H2. The number of hydrogen-bond donors (Lipinski definition) is 0. The Morgan fingerprint density at radius 2 is 1.89 bits per heavy atom. The molecule has 2 aromatic rings. The Bertz CT molecular complexity index is 606. The minimum atomic E-state index is 0.0226. The Kier molecular flexibility index (Phi) is 2.92. The maximum Gasteiger partial charge on any atom is 0.272 e. The Labute approximate surface area is 110 Å². The largest absolute Gasteiger partial charge is 0.337 e. The molecule has 1 aromatic heterocycles. The van der Waals surface area contributed by atoms with Crippen molar-refractivity contribution in [2.45, 2.75) is 12.8 Å². The summed E-state index contributed by atoms with van der Waals surface area (Å²) in [5, 5.41) is 1.64. The molecule has 2 heterocycles. The van der Waals surface area contributed by atoms with Crippen molar-refractivity contribution < 1.29 is 4.79 Å². The number of carbonyl (C=O) groups excluding carboxylic acids is 1. The van der Waals surface area contributed by atoms with Crippen molar-refractivity contribution in [2.75, 3.05) is 13.1 Å². The number of rotatable bonds is 1. The summed E-state index contributed by atoms with van der Waals surface area (Å²) in [6.07, 6.45) is 2.18. The third-order valence-electron chi connectivity index (χ3n) is 3.27. The summed E-state index contributed by atoms with van der Waals surface area (Å²) >= 11 is 5.94. The smallest absolute Gasteiger partial charge is 0.272 e. The summed E-state index contributed by atoms with van der Waals surface area (Å²) < 4.78 is 0. The van der Waals surface area contributed by atoms with Crippen LogP contribution in [0.3, 0.4) is 0 Å². The molecule has 0 radical (unpaired) electrons. The van der Waals surface area contributed by atoms with Gasteiger partial charge in [0.05, 0.1) is 5.52 Å². The molecular weight excluding hydrogens is 248 g/mol. The van der Waals surface area contributed by atoms with E-state index in [0.717, 1.165) is 36.8 Å². The maximum atomic E-state index is 12.2. The first-order chi connectivity index (χ1) is 8.74. The molecule has 0 unspecified atom stereocenters. The fourth-order valence-corrected chi connectivity index (χ4v) is 2.46. The number of amides is 1. The molecular formula is C14H13ClN2O. The average Bonchev–Trinajstić information content (AvgIpc) is 2.90. The van der Waals surface area contributed by atoms with Gasteiger partial charge < -0.3 is 4.90 Å². The van der Waals surface area contributed by atoms with Crippen LogP contribution in [0, 0.1) is 0 Å². The number of likely N-dealkylation sites (tertiary alicyclic amines) is 1. The van der Waals surface area contributed by atoms with E-state index in [9.17, 15) is 4.79 Å². The van der Waals surface area contributed by atoms with Crippen molar-refractivity contribution in [2.24, 2.45) is 0 Å². The van der Waals surface area contributed by atoms with Crippen LogP contribution in [0.2, 0.25) is 5.02 Å². The van der Waals surface area contributed by atoms with Crippen molar-refractivity contribution in [3.63, 3.8) is 0 Å². The van der Waals surface area contributed by atoms with Gasteiger partial charge in [-0.3, -0.25) is 4.79 Å². The van der Waals surface area contributed by atoms with Crippen LogP contribution in [0.4, 0.5) is 0 Å². The monoisotopic (exact) mass is 260 g/mol. The number of aromatic nitrogens is 1. The topological polar surface area (TPSA) is 33.2 Å². The number of pyridine rings is 1. The van der Waals surface area contributed by atoms with E-state index in [0.29, 0.717) is 10.7 Å². The summed E-state index contributed by atoms with van der Waals surface area (Å²) in [6, 6.07) is 9.23. The quantitative estimate of drug-likeness (QED) is 0.789. The van der Waals surface area contributed by atoms with Crippen LogP contribution in [0.1, 0.15) is 23.3 Å². The molecule has 0 spiro atoms. The van der Waals surface area contributed by atoms with Gasteiger partial charge in [-0.05, 0) is 31.0 Å². The second-order valence-electron chi connectivity index (χ2n) is 4.53. The lowest BCUT2D eigenvalue weighted by Crippen LogP contribution is -2.28. The second-order valence-corrected chi connectivity index (χ2v) is 4.97. The lowest BCUT2D eigenvalue weighted by molar-refractivity contribution is 0.0787. The average molecular weight is 261 g/mol. The molecule has 4 heteroatoms. The molecule has 1 aliphatic rings. The lowest BCUT2D eigenvalue weighted by Gasteiger charge is -2.14. The summed E-state index contributed by atoms with van der Waals surface area (Å²) in [5.41, 5.74) is 1.28. The fourth-order valence-electron chi connectivity index (χ4n) is 2.29. The minimum absolute atomic E-state index is 0.0226. The zero-order chi connectivity index (χ0) is 12.5. The highest BCUT2D eigenvalue weighted by Gasteiger charge is 2.20. The molecule has 0 aliphatic carbocycles. The molecule has 92 valence electrons. The van der Waals surface area contributed by atoms with E-state index in [-0.39, 0.29) is 5.91 Å². The van der Waals surface area contributed by atoms with E-state index in [2.05, 4.69) is 4.98 Å². The molecule has 1 saturated heterocycles.